The third-order valence-electron chi connectivity index (χ3n) is 3.91. The van der Waals surface area contributed by atoms with Gasteiger partial charge in [-0.3, -0.25) is 0 Å². The Morgan fingerprint density at radius 2 is 1.94 bits per heavy atom. The fourth-order valence-corrected chi connectivity index (χ4v) is 2.59. The highest BCUT2D eigenvalue weighted by molar-refractivity contribution is 5.60. The van der Waals surface area contributed by atoms with Gasteiger partial charge in [0.2, 0.25) is 0 Å². The predicted octanol–water partition coefficient (Wildman–Crippen LogP) is 3.17. The highest BCUT2D eigenvalue weighted by Crippen LogP contribution is 2.46. The molecule has 1 N–H and O–H groups in total. The zero-order valence-electron chi connectivity index (χ0n) is 10.6. The normalized spacial score (nSPS) is 18.5. The average molecular weight is 242 g/mol. The van der Waals surface area contributed by atoms with Gasteiger partial charge in [0.15, 0.2) is 0 Å². The van der Waals surface area contributed by atoms with Gasteiger partial charge in [-0.15, -0.1) is 0 Å². The van der Waals surface area contributed by atoms with Crippen molar-refractivity contribution in [2.45, 2.75) is 31.7 Å². The molecule has 1 aromatic rings. The van der Waals surface area contributed by atoms with Crippen LogP contribution in [0.25, 0.3) is 0 Å². The van der Waals surface area contributed by atoms with Crippen LogP contribution in [0.1, 0.15) is 31.2 Å². The number of nitrogens with one attached hydrogen (secondary N) is 1. The van der Waals surface area contributed by atoms with Crippen LogP contribution >= 0.6 is 0 Å². The van der Waals surface area contributed by atoms with Crippen molar-refractivity contribution < 1.29 is 4.74 Å². The Balaban J connectivity index is 1.80. The Labute approximate surface area is 108 Å². The van der Waals surface area contributed by atoms with E-state index in [1.807, 2.05) is 12.1 Å². The van der Waals surface area contributed by atoms with Crippen molar-refractivity contribution in [3.63, 3.8) is 0 Å². The predicted molar refractivity (Wildman–Crippen MR) is 70.6 cm³/mol. The Morgan fingerprint density at radius 1 is 1.28 bits per heavy atom. The summed E-state index contributed by atoms with van der Waals surface area (Å²) in [5.74, 6) is 2.47. The molecule has 2 aliphatic rings. The summed E-state index contributed by atoms with van der Waals surface area (Å²) in [4.78, 5) is 0. The molecule has 0 radical (unpaired) electrons. The van der Waals surface area contributed by atoms with Crippen molar-refractivity contribution in [3.05, 3.63) is 23.8 Å². The molecule has 0 atom stereocenters. The smallest absolute Gasteiger partial charge is 0.143 e. The minimum absolute atomic E-state index is 0.604. The average Bonchev–Trinajstić information content (AvgIpc) is 3.29. The monoisotopic (exact) mass is 242 g/mol. The van der Waals surface area contributed by atoms with Gasteiger partial charge in [0.25, 0.3) is 0 Å². The zero-order chi connectivity index (χ0) is 12.5. The summed E-state index contributed by atoms with van der Waals surface area (Å²) in [5.41, 5.74) is 1.67. The lowest BCUT2D eigenvalue weighted by Gasteiger charge is -2.20. The molecular weight excluding hydrogens is 224 g/mol. The molecule has 3 rings (SSSR count). The molecule has 0 bridgehead atoms. The van der Waals surface area contributed by atoms with Crippen LogP contribution in [0.2, 0.25) is 0 Å². The van der Waals surface area contributed by atoms with Crippen LogP contribution in [0.3, 0.4) is 0 Å². The Morgan fingerprint density at radius 3 is 2.44 bits per heavy atom. The number of hydrogen-bond acceptors (Lipinski definition) is 3. The first kappa shape index (κ1) is 11.4. The van der Waals surface area contributed by atoms with Crippen molar-refractivity contribution >= 4 is 5.69 Å². The summed E-state index contributed by atoms with van der Waals surface area (Å²) < 4.78 is 5.38. The van der Waals surface area contributed by atoms with Crippen LogP contribution in [-0.2, 0) is 0 Å². The number of benzene rings is 1. The lowest BCUT2D eigenvalue weighted by molar-refractivity contribution is 0.415. The summed E-state index contributed by atoms with van der Waals surface area (Å²) in [6.07, 6.45) is 5.42. The van der Waals surface area contributed by atoms with Gasteiger partial charge in [0, 0.05) is 12.1 Å². The minimum Gasteiger partial charge on any atom is -0.495 e. The summed E-state index contributed by atoms with van der Waals surface area (Å²) in [6.45, 7) is 0. The van der Waals surface area contributed by atoms with Crippen LogP contribution in [0.15, 0.2) is 18.2 Å². The fourth-order valence-electron chi connectivity index (χ4n) is 2.59. The topological polar surface area (TPSA) is 45.0 Å². The highest BCUT2D eigenvalue weighted by Gasteiger charge is 2.41. The summed E-state index contributed by atoms with van der Waals surface area (Å²) in [5, 5.41) is 12.5. The molecule has 2 fully saturated rings. The van der Waals surface area contributed by atoms with Gasteiger partial charge in [-0.25, -0.2) is 0 Å². The van der Waals surface area contributed by atoms with E-state index in [9.17, 15) is 0 Å². The standard InChI is InChI=1S/C15H18N2O/c1-18-14-8-10(9-16)2-7-13(14)17-15(11-3-4-11)12-5-6-12/h2,7-8,11-12,15,17H,3-6H2,1H3. The van der Waals surface area contributed by atoms with Crippen molar-refractivity contribution in [1.29, 1.82) is 5.26 Å². The minimum atomic E-state index is 0.604. The number of hydrogen-bond donors (Lipinski definition) is 1. The van der Waals surface area contributed by atoms with Crippen molar-refractivity contribution in [1.82, 2.24) is 0 Å². The third-order valence-corrected chi connectivity index (χ3v) is 3.91. The van der Waals surface area contributed by atoms with E-state index < -0.39 is 0 Å². The van der Waals surface area contributed by atoms with Crippen LogP contribution < -0.4 is 10.1 Å². The lowest BCUT2D eigenvalue weighted by Crippen LogP contribution is -2.24. The van der Waals surface area contributed by atoms with Gasteiger partial charge >= 0.3 is 0 Å². The van der Waals surface area contributed by atoms with Crippen LogP contribution in [0.4, 0.5) is 5.69 Å². The highest BCUT2D eigenvalue weighted by atomic mass is 16.5. The van der Waals surface area contributed by atoms with Gasteiger partial charge < -0.3 is 10.1 Å². The molecule has 0 aliphatic heterocycles. The Bertz CT molecular complexity index is 472. The van der Waals surface area contributed by atoms with Gasteiger partial charge in [0.05, 0.1) is 24.4 Å². The van der Waals surface area contributed by atoms with Crippen molar-refractivity contribution in [3.8, 4) is 11.8 Å². The SMILES string of the molecule is COc1cc(C#N)ccc1NC(C1CC1)C1CC1. The van der Waals surface area contributed by atoms with E-state index in [0.29, 0.717) is 11.6 Å². The number of nitriles is 1. The maximum absolute atomic E-state index is 8.90. The first-order valence-corrected chi connectivity index (χ1v) is 6.66. The van der Waals surface area contributed by atoms with Gasteiger partial charge in [-0.2, -0.15) is 5.26 Å². The molecule has 0 aromatic heterocycles. The van der Waals surface area contributed by atoms with Crippen LogP contribution in [0.5, 0.6) is 5.75 Å². The lowest BCUT2D eigenvalue weighted by atomic mass is 10.1. The molecule has 0 amide bonds. The van der Waals surface area contributed by atoms with Crippen LogP contribution in [0, 0.1) is 23.2 Å². The van der Waals surface area contributed by atoms with E-state index >= 15 is 0 Å². The van der Waals surface area contributed by atoms with E-state index in [0.717, 1.165) is 23.3 Å². The molecule has 18 heavy (non-hydrogen) atoms. The van der Waals surface area contributed by atoms with Crippen molar-refractivity contribution in [2.24, 2.45) is 11.8 Å². The first-order valence-electron chi connectivity index (χ1n) is 6.66. The van der Waals surface area contributed by atoms with E-state index in [-0.39, 0.29) is 0 Å². The number of anilines is 1. The number of methoxy groups -OCH3 is 1. The Kier molecular flexibility index (Phi) is 2.87. The molecule has 94 valence electrons. The number of ether oxygens (including phenoxy) is 1. The maximum atomic E-state index is 8.90. The summed E-state index contributed by atoms with van der Waals surface area (Å²) in [7, 11) is 1.66. The molecule has 3 heteroatoms. The first-order chi connectivity index (χ1) is 8.81. The fraction of sp³-hybridized carbons (Fsp3) is 0.533. The molecule has 1 aromatic carbocycles. The largest absolute Gasteiger partial charge is 0.495 e. The maximum Gasteiger partial charge on any atom is 0.143 e. The van der Waals surface area contributed by atoms with E-state index in [2.05, 4.69) is 11.4 Å². The van der Waals surface area contributed by atoms with Gasteiger partial charge in [-0.05, 0) is 49.7 Å². The van der Waals surface area contributed by atoms with Gasteiger partial charge in [-0.1, -0.05) is 0 Å². The van der Waals surface area contributed by atoms with E-state index in [4.69, 9.17) is 10.00 Å². The summed E-state index contributed by atoms with van der Waals surface area (Å²) >= 11 is 0. The molecule has 0 saturated heterocycles. The molecule has 2 aliphatic carbocycles. The molecule has 0 unspecified atom stereocenters. The number of rotatable bonds is 5. The number of nitrogens with zero attached hydrogens (tertiary/aromatic N) is 1. The van der Waals surface area contributed by atoms with Gasteiger partial charge in [0.1, 0.15) is 5.75 Å². The van der Waals surface area contributed by atoms with Crippen molar-refractivity contribution in [2.75, 3.05) is 12.4 Å². The third kappa shape index (κ3) is 2.28. The second-order valence-electron chi connectivity index (χ2n) is 5.37. The molecule has 2 saturated carbocycles. The zero-order valence-corrected chi connectivity index (χ0v) is 10.6. The van der Waals surface area contributed by atoms with Crippen LogP contribution in [-0.4, -0.2) is 13.2 Å². The molecule has 0 heterocycles. The summed E-state index contributed by atoms with van der Waals surface area (Å²) in [6, 6.07) is 8.37. The van der Waals surface area contributed by atoms with E-state index in [1.165, 1.54) is 25.7 Å². The Hall–Kier alpha value is -1.69. The quantitative estimate of drug-likeness (QED) is 0.862. The second-order valence-corrected chi connectivity index (χ2v) is 5.37. The molecule has 3 nitrogen and oxygen atoms in total. The molecular formula is C15H18N2O. The molecule has 0 spiro atoms. The second kappa shape index (κ2) is 4.53. The van der Waals surface area contributed by atoms with E-state index in [1.54, 1.807) is 13.2 Å².